The molecule has 0 amide bonds. The van der Waals surface area contributed by atoms with E-state index in [2.05, 4.69) is 4.98 Å². The van der Waals surface area contributed by atoms with Gasteiger partial charge in [0, 0.05) is 12.6 Å². The molecule has 17 heavy (non-hydrogen) atoms. The van der Waals surface area contributed by atoms with Gasteiger partial charge in [0.2, 0.25) is 0 Å². The van der Waals surface area contributed by atoms with E-state index >= 15 is 0 Å². The van der Waals surface area contributed by atoms with Crippen LogP contribution in [-0.2, 0) is 0 Å². The highest BCUT2D eigenvalue weighted by Gasteiger charge is 2.04. The molecule has 1 aromatic heterocycles. The third-order valence-electron chi connectivity index (χ3n) is 2.25. The first kappa shape index (κ1) is 11.5. The Morgan fingerprint density at radius 2 is 1.88 bits per heavy atom. The number of aromatic nitrogens is 1. The summed E-state index contributed by atoms with van der Waals surface area (Å²) >= 11 is 0. The van der Waals surface area contributed by atoms with Gasteiger partial charge in [-0.25, -0.2) is 8.78 Å². The minimum Gasteiger partial charge on any atom is -0.495 e. The van der Waals surface area contributed by atoms with Crippen molar-refractivity contribution >= 4 is 0 Å². The van der Waals surface area contributed by atoms with Crippen LogP contribution in [0.3, 0.4) is 0 Å². The first-order valence-corrected chi connectivity index (χ1v) is 4.98. The molecule has 0 fully saturated rings. The second kappa shape index (κ2) is 4.91. The van der Waals surface area contributed by atoms with Crippen molar-refractivity contribution in [2.45, 2.75) is 0 Å². The summed E-state index contributed by atoms with van der Waals surface area (Å²) in [6.45, 7) is 0. The van der Waals surface area contributed by atoms with Crippen molar-refractivity contribution < 1.29 is 13.5 Å². The summed E-state index contributed by atoms with van der Waals surface area (Å²) in [6, 6.07) is 5.48. The normalized spacial score (nSPS) is 10.3. The van der Waals surface area contributed by atoms with Gasteiger partial charge in [0.15, 0.2) is 11.6 Å². The molecule has 0 N–H and O–H groups in total. The van der Waals surface area contributed by atoms with E-state index in [0.29, 0.717) is 11.3 Å². The van der Waals surface area contributed by atoms with Gasteiger partial charge < -0.3 is 4.74 Å². The van der Waals surface area contributed by atoms with E-state index in [1.54, 1.807) is 32.0 Å². The van der Waals surface area contributed by atoms with Crippen molar-refractivity contribution in [1.29, 1.82) is 0 Å². The van der Waals surface area contributed by atoms with E-state index in [9.17, 15) is 8.78 Å². The molecule has 2 aromatic rings. The predicted octanol–water partition coefficient (Wildman–Crippen LogP) is 2.97. The standard InChI is InChI=1S/C13H10F2NO/c1-17-11-5-10(7-16-8-11)4-9-2-3-12(14)13(15)6-9/h2-8H,1H3. The van der Waals surface area contributed by atoms with Crippen LogP contribution in [0.25, 0.3) is 0 Å². The van der Waals surface area contributed by atoms with Crippen LogP contribution in [0.5, 0.6) is 5.75 Å². The van der Waals surface area contributed by atoms with Gasteiger partial charge in [-0.1, -0.05) is 6.07 Å². The molecule has 1 aromatic carbocycles. The van der Waals surface area contributed by atoms with Crippen molar-refractivity contribution in [2.24, 2.45) is 0 Å². The highest BCUT2D eigenvalue weighted by molar-refractivity contribution is 5.38. The SMILES string of the molecule is COc1cncc([CH]c2ccc(F)c(F)c2)c1. The molecule has 87 valence electrons. The fraction of sp³-hybridized carbons (Fsp3) is 0.0769. The van der Waals surface area contributed by atoms with E-state index in [0.717, 1.165) is 17.7 Å². The second-order valence-electron chi connectivity index (χ2n) is 3.48. The molecule has 0 saturated carbocycles. The van der Waals surface area contributed by atoms with Gasteiger partial charge in [0.05, 0.1) is 13.3 Å². The molecule has 1 heterocycles. The molecule has 0 saturated heterocycles. The molecule has 0 aliphatic heterocycles. The predicted molar refractivity (Wildman–Crippen MR) is 59.7 cm³/mol. The molecule has 0 aliphatic carbocycles. The fourth-order valence-corrected chi connectivity index (χ4v) is 1.42. The Bertz CT molecular complexity index is 529. The molecule has 4 heteroatoms. The molecular formula is C13H10F2NO. The lowest BCUT2D eigenvalue weighted by Gasteiger charge is -2.04. The number of methoxy groups -OCH3 is 1. The minimum atomic E-state index is -0.866. The summed E-state index contributed by atoms with van der Waals surface area (Å²) in [5.74, 6) is -1.11. The second-order valence-corrected chi connectivity index (χ2v) is 3.48. The van der Waals surface area contributed by atoms with Crippen molar-refractivity contribution in [2.75, 3.05) is 7.11 Å². The number of halogens is 2. The van der Waals surface area contributed by atoms with Crippen molar-refractivity contribution in [3.05, 3.63) is 65.8 Å². The van der Waals surface area contributed by atoms with Crippen LogP contribution in [-0.4, -0.2) is 12.1 Å². The average molecular weight is 234 g/mol. The smallest absolute Gasteiger partial charge is 0.159 e. The Balaban J connectivity index is 2.22. The van der Waals surface area contributed by atoms with Gasteiger partial charge in [-0.15, -0.1) is 0 Å². The van der Waals surface area contributed by atoms with Crippen LogP contribution in [0.15, 0.2) is 36.7 Å². The highest BCUT2D eigenvalue weighted by Crippen LogP contribution is 2.17. The molecule has 0 unspecified atom stereocenters. The van der Waals surface area contributed by atoms with E-state index in [1.807, 2.05) is 0 Å². The van der Waals surface area contributed by atoms with Crippen LogP contribution in [0, 0.1) is 18.1 Å². The fourth-order valence-electron chi connectivity index (χ4n) is 1.42. The summed E-state index contributed by atoms with van der Waals surface area (Å²) in [6.07, 6.45) is 4.88. The average Bonchev–Trinajstić information content (AvgIpc) is 2.34. The van der Waals surface area contributed by atoms with Gasteiger partial charge in [0.1, 0.15) is 5.75 Å². The maximum atomic E-state index is 13.0. The maximum Gasteiger partial charge on any atom is 0.159 e. The lowest BCUT2D eigenvalue weighted by atomic mass is 10.1. The zero-order chi connectivity index (χ0) is 12.3. The Hall–Kier alpha value is -1.97. The first-order chi connectivity index (χ1) is 8.19. The monoisotopic (exact) mass is 234 g/mol. The Morgan fingerprint density at radius 3 is 2.59 bits per heavy atom. The third kappa shape index (κ3) is 2.78. The lowest BCUT2D eigenvalue weighted by Crippen LogP contribution is -1.92. The summed E-state index contributed by atoms with van der Waals surface area (Å²) in [4.78, 5) is 3.97. The van der Waals surface area contributed by atoms with E-state index in [1.165, 1.54) is 6.07 Å². The topological polar surface area (TPSA) is 22.1 Å². The Labute approximate surface area is 97.9 Å². The summed E-state index contributed by atoms with van der Waals surface area (Å²) < 4.78 is 30.7. The molecule has 1 radical (unpaired) electrons. The van der Waals surface area contributed by atoms with Gasteiger partial charge in [-0.2, -0.15) is 0 Å². The summed E-state index contributed by atoms with van der Waals surface area (Å²) in [7, 11) is 1.54. The van der Waals surface area contributed by atoms with E-state index in [4.69, 9.17) is 4.74 Å². The Morgan fingerprint density at radius 1 is 1.06 bits per heavy atom. The van der Waals surface area contributed by atoms with Crippen LogP contribution < -0.4 is 4.74 Å². The molecule has 2 nitrogen and oxygen atoms in total. The third-order valence-corrected chi connectivity index (χ3v) is 2.25. The molecule has 2 rings (SSSR count). The quantitative estimate of drug-likeness (QED) is 0.814. The van der Waals surface area contributed by atoms with Crippen LogP contribution >= 0.6 is 0 Å². The van der Waals surface area contributed by atoms with Crippen LogP contribution in [0.1, 0.15) is 11.1 Å². The molecular weight excluding hydrogens is 224 g/mol. The Kier molecular flexibility index (Phi) is 3.32. The number of rotatable bonds is 3. The van der Waals surface area contributed by atoms with Crippen molar-refractivity contribution in [3.63, 3.8) is 0 Å². The van der Waals surface area contributed by atoms with E-state index in [-0.39, 0.29) is 0 Å². The van der Waals surface area contributed by atoms with E-state index < -0.39 is 11.6 Å². The van der Waals surface area contributed by atoms with Crippen LogP contribution in [0.2, 0.25) is 0 Å². The van der Waals surface area contributed by atoms with Gasteiger partial charge >= 0.3 is 0 Å². The number of ether oxygens (including phenoxy) is 1. The van der Waals surface area contributed by atoms with Crippen molar-refractivity contribution in [3.8, 4) is 5.75 Å². The number of hydrogen-bond acceptors (Lipinski definition) is 2. The molecule has 0 aliphatic rings. The van der Waals surface area contributed by atoms with Crippen LogP contribution in [0.4, 0.5) is 8.78 Å². The lowest BCUT2D eigenvalue weighted by molar-refractivity contribution is 0.412. The van der Waals surface area contributed by atoms with Gasteiger partial charge in [-0.05, 0) is 29.3 Å². The largest absolute Gasteiger partial charge is 0.495 e. The molecule has 0 atom stereocenters. The molecule has 0 spiro atoms. The number of hydrogen-bond donors (Lipinski definition) is 0. The maximum absolute atomic E-state index is 13.0. The number of nitrogens with zero attached hydrogens (tertiary/aromatic N) is 1. The van der Waals surface area contributed by atoms with Gasteiger partial charge in [-0.3, -0.25) is 4.98 Å². The molecule has 0 bridgehead atoms. The number of pyridine rings is 1. The summed E-state index contributed by atoms with van der Waals surface area (Å²) in [5, 5.41) is 0. The van der Waals surface area contributed by atoms with Gasteiger partial charge in [0.25, 0.3) is 0 Å². The highest BCUT2D eigenvalue weighted by atomic mass is 19.2. The minimum absolute atomic E-state index is 0.568. The first-order valence-electron chi connectivity index (χ1n) is 4.98. The van der Waals surface area contributed by atoms with Crippen molar-refractivity contribution in [1.82, 2.24) is 4.98 Å². The number of benzene rings is 1. The zero-order valence-corrected chi connectivity index (χ0v) is 9.15. The summed E-state index contributed by atoms with van der Waals surface area (Å²) in [5.41, 5.74) is 1.33. The zero-order valence-electron chi connectivity index (χ0n) is 9.15.